The molecule has 0 aromatic carbocycles. The van der Waals surface area contributed by atoms with Crippen LogP contribution in [0, 0.1) is 5.92 Å². The predicted molar refractivity (Wildman–Crippen MR) is 153 cm³/mol. The maximum absolute atomic E-state index is 12.2. The quantitative estimate of drug-likeness (QED) is 0.0798. The highest BCUT2D eigenvalue weighted by Crippen LogP contribution is 2.19. The third-order valence-electron chi connectivity index (χ3n) is 7.53. The average molecular weight is 497 g/mol. The molecule has 0 N–H and O–H groups in total. The molecule has 3 nitrogen and oxygen atoms in total. The zero-order valence-electron chi connectivity index (χ0n) is 24.6. The molecule has 0 rings (SSSR count). The molecule has 35 heavy (non-hydrogen) atoms. The first kappa shape index (κ1) is 34.4. The smallest absolute Gasteiger partial charge is 0.305 e. The lowest BCUT2D eigenvalue weighted by atomic mass is 9.96. The molecule has 0 radical (unpaired) electrons. The molecule has 0 aromatic heterocycles. The van der Waals surface area contributed by atoms with Gasteiger partial charge >= 0.3 is 5.97 Å². The Morgan fingerprint density at radius 2 is 0.971 bits per heavy atom. The molecule has 0 bridgehead atoms. The van der Waals surface area contributed by atoms with Crippen molar-refractivity contribution in [3.8, 4) is 0 Å². The second kappa shape index (κ2) is 28.0. The van der Waals surface area contributed by atoms with Crippen LogP contribution in [0.4, 0.5) is 0 Å². The van der Waals surface area contributed by atoms with Crippen LogP contribution >= 0.6 is 0 Å². The van der Waals surface area contributed by atoms with Gasteiger partial charge in [0.05, 0.1) is 12.7 Å². The molecule has 2 unspecified atom stereocenters. The molecule has 0 heterocycles. The zero-order chi connectivity index (χ0) is 25.8. The van der Waals surface area contributed by atoms with E-state index in [-0.39, 0.29) is 5.97 Å². The number of esters is 1. The van der Waals surface area contributed by atoms with E-state index in [9.17, 15) is 4.79 Å². The lowest BCUT2D eigenvalue weighted by Gasteiger charge is -2.17. The van der Waals surface area contributed by atoms with Crippen LogP contribution < -0.4 is 0 Å². The van der Waals surface area contributed by atoms with Crippen molar-refractivity contribution in [3.63, 3.8) is 0 Å². The average Bonchev–Trinajstić information content (AvgIpc) is 2.87. The van der Waals surface area contributed by atoms with E-state index in [1.54, 1.807) is 0 Å². The number of hydrogen-bond donors (Lipinski definition) is 0. The molecular formula is C32H64O3. The number of carbonyl (C=O) groups is 1. The number of ether oxygens (including phenoxy) is 2. The van der Waals surface area contributed by atoms with E-state index >= 15 is 0 Å². The summed E-state index contributed by atoms with van der Waals surface area (Å²) < 4.78 is 11.4. The van der Waals surface area contributed by atoms with Crippen LogP contribution in [0.25, 0.3) is 0 Å². The van der Waals surface area contributed by atoms with Gasteiger partial charge in [-0.3, -0.25) is 4.79 Å². The Kier molecular flexibility index (Phi) is 27.6. The molecule has 0 spiro atoms. The third-order valence-corrected chi connectivity index (χ3v) is 7.53. The first-order chi connectivity index (χ1) is 17.2. The number of carbonyl (C=O) groups excluding carboxylic acids is 1. The van der Waals surface area contributed by atoms with Gasteiger partial charge in [0.1, 0.15) is 0 Å². The van der Waals surface area contributed by atoms with Crippen molar-refractivity contribution in [1.82, 2.24) is 0 Å². The summed E-state index contributed by atoms with van der Waals surface area (Å²) in [6.07, 6.45) is 30.4. The summed E-state index contributed by atoms with van der Waals surface area (Å²) in [5.41, 5.74) is 0. The van der Waals surface area contributed by atoms with Gasteiger partial charge in [0.25, 0.3) is 0 Å². The van der Waals surface area contributed by atoms with Gasteiger partial charge in [-0.15, -0.1) is 0 Å². The van der Waals surface area contributed by atoms with Crippen LogP contribution in [0.1, 0.15) is 175 Å². The van der Waals surface area contributed by atoms with E-state index in [0.717, 1.165) is 12.8 Å². The normalized spacial score (nSPS) is 13.1. The summed E-state index contributed by atoms with van der Waals surface area (Å²) in [4.78, 5) is 12.2. The van der Waals surface area contributed by atoms with Gasteiger partial charge in [-0.2, -0.15) is 0 Å². The first-order valence-corrected chi connectivity index (χ1v) is 15.9. The van der Waals surface area contributed by atoms with Crippen molar-refractivity contribution in [2.45, 2.75) is 181 Å². The van der Waals surface area contributed by atoms with Crippen molar-refractivity contribution in [1.29, 1.82) is 0 Å². The molecule has 0 amide bonds. The van der Waals surface area contributed by atoms with Crippen LogP contribution in [0.2, 0.25) is 0 Å². The van der Waals surface area contributed by atoms with Crippen molar-refractivity contribution in [2.24, 2.45) is 5.92 Å². The lowest BCUT2D eigenvalue weighted by molar-refractivity contribution is -0.145. The molecule has 0 aromatic rings. The molecule has 210 valence electrons. The van der Waals surface area contributed by atoms with Gasteiger partial charge in [-0.25, -0.2) is 0 Å². The third kappa shape index (κ3) is 24.9. The summed E-state index contributed by atoms with van der Waals surface area (Å²) in [5.74, 6) is 0.589. The van der Waals surface area contributed by atoms with E-state index in [0.29, 0.717) is 25.0 Å². The summed E-state index contributed by atoms with van der Waals surface area (Å²) in [6.45, 7) is 7.42. The topological polar surface area (TPSA) is 35.5 Å². The molecule has 0 aliphatic carbocycles. The fourth-order valence-electron chi connectivity index (χ4n) is 5.00. The molecule has 0 fully saturated rings. The maximum atomic E-state index is 12.2. The fraction of sp³-hybridized carbons (Fsp3) is 0.969. The second-order valence-electron chi connectivity index (χ2n) is 11.0. The minimum Gasteiger partial charge on any atom is -0.465 e. The minimum absolute atomic E-state index is 0.0216. The number of rotatable bonds is 28. The van der Waals surface area contributed by atoms with Gasteiger partial charge in [0.15, 0.2) is 0 Å². The van der Waals surface area contributed by atoms with Gasteiger partial charge in [-0.1, -0.05) is 136 Å². The summed E-state index contributed by atoms with van der Waals surface area (Å²) >= 11 is 0. The van der Waals surface area contributed by atoms with E-state index < -0.39 is 0 Å². The van der Waals surface area contributed by atoms with Gasteiger partial charge in [-0.05, 0) is 38.0 Å². The monoisotopic (exact) mass is 496 g/mol. The van der Waals surface area contributed by atoms with Crippen LogP contribution in [0.15, 0.2) is 0 Å². The molecule has 0 aliphatic heterocycles. The highest BCUT2D eigenvalue weighted by Gasteiger charge is 2.12. The van der Waals surface area contributed by atoms with Crippen molar-refractivity contribution < 1.29 is 14.3 Å². The highest BCUT2D eigenvalue weighted by molar-refractivity contribution is 5.69. The van der Waals surface area contributed by atoms with Crippen LogP contribution in [-0.2, 0) is 14.3 Å². The number of methoxy groups -OCH3 is 1. The van der Waals surface area contributed by atoms with Crippen LogP contribution in [0.5, 0.6) is 0 Å². The van der Waals surface area contributed by atoms with Crippen LogP contribution in [0.3, 0.4) is 0 Å². The largest absolute Gasteiger partial charge is 0.465 e. The Labute approximate surface area is 220 Å². The van der Waals surface area contributed by atoms with Crippen molar-refractivity contribution >= 4 is 5.97 Å². The Bertz CT molecular complexity index is 423. The van der Waals surface area contributed by atoms with Gasteiger partial charge in [0, 0.05) is 13.5 Å². The van der Waals surface area contributed by atoms with Crippen molar-refractivity contribution in [3.05, 3.63) is 0 Å². The molecule has 0 aliphatic rings. The predicted octanol–water partition coefficient (Wildman–Crippen LogP) is 10.6. The molecule has 0 saturated heterocycles. The second-order valence-corrected chi connectivity index (χ2v) is 11.0. The summed E-state index contributed by atoms with van der Waals surface area (Å²) in [5, 5.41) is 0. The Morgan fingerprint density at radius 3 is 1.51 bits per heavy atom. The fourth-order valence-corrected chi connectivity index (χ4v) is 5.00. The number of hydrogen-bond acceptors (Lipinski definition) is 3. The molecule has 3 heteroatoms. The van der Waals surface area contributed by atoms with Gasteiger partial charge < -0.3 is 9.47 Å². The Balaban J connectivity index is 3.66. The van der Waals surface area contributed by atoms with E-state index in [2.05, 4.69) is 20.8 Å². The minimum atomic E-state index is 0.0216. The molecular weight excluding hydrogens is 432 g/mol. The summed E-state index contributed by atoms with van der Waals surface area (Å²) in [7, 11) is 1.88. The molecule has 0 saturated carbocycles. The number of unbranched alkanes of at least 4 members (excludes halogenated alkanes) is 15. The lowest BCUT2D eigenvalue weighted by Crippen LogP contribution is -2.14. The maximum Gasteiger partial charge on any atom is 0.305 e. The van der Waals surface area contributed by atoms with Crippen LogP contribution in [-0.4, -0.2) is 25.8 Å². The standard InChI is InChI=1S/C32H64O3/c1-5-8-11-13-14-17-21-26-31(34-4)27-22-18-15-16-19-23-28-32(33)35-29-30(24-10-7-3)25-20-12-9-6-2/h30-31H,5-29H2,1-4H3. The Hall–Kier alpha value is -0.570. The van der Waals surface area contributed by atoms with E-state index in [1.807, 2.05) is 7.11 Å². The van der Waals surface area contributed by atoms with E-state index in [4.69, 9.17) is 9.47 Å². The summed E-state index contributed by atoms with van der Waals surface area (Å²) in [6, 6.07) is 0. The molecule has 2 atom stereocenters. The first-order valence-electron chi connectivity index (χ1n) is 15.9. The zero-order valence-corrected chi connectivity index (χ0v) is 24.6. The van der Waals surface area contributed by atoms with E-state index in [1.165, 1.54) is 135 Å². The van der Waals surface area contributed by atoms with Crippen molar-refractivity contribution in [2.75, 3.05) is 13.7 Å². The SMILES string of the molecule is CCCCCCCCCC(CCCCCCCCC(=O)OCC(CCCC)CCCCCC)OC. The van der Waals surface area contributed by atoms with Gasteiger partial charge in [0.2, 0.25) is 0 Å². The Morgan fingerprint density at radius 1 is 0.543 bits per heavy atom. The highest BCUT2D eigenvalue weighted by atomic mass is 16.5.